The smallest absolute Gasteiger partial charge is 0.270 e. The van der Waals surface area contributed by atoms with Gasteiger partial charge in [0.15, 0.2) is 0 Å². The SMILES string of the molecule is CCCCCCCOc1ccc([C@H]2Oc3ccc([N+](=O)[O-])cc3[C@H]3CC(c4ccc(OC)cc4)=NN32)cc1. The summed E-state index contributed by atoms with van der Waals surface area (Å²) in [6.45, 7) is 2.92. The van der Waals surface area contributed by atoms with Crippen LogP contribution in [0, 0.1) is 10.1 Å². The topological polar surface area (TPSA) is 86.4 Å². The van der Waals surface area contributed by atoms with E-state index in [9.17, 15) is 10.1 Å². The monoisotopic (exact) mass is 515 g/mol. The fraction of sp³-hybridized carbons (Fsp3) is 0.367. The largest absolute Gasteiger partial charge is 0.497 e. The fourth-order valence-electron chi connectivity index (χ4n) is 4.99. The number of hydrogen-bond acceptors (Lipinski definition) is 7. The number of unbranched alkanes of at least 4 members (excludes halogenated alkanes) is 4. The van der Waals surface area contributed by atoms with Gasteiger partial charge in [-0.15, -0.1) is 0 Å². The number of nitro benzene ring substituents is 1. The minimum atomic E-state index is -0.465. The Balaban J connectivity index is 1.39. The molecular formula is C30H33N3O5. The van der Waals surface area contributed by atoms with Gasteiger partial charge in [0.1, 0.15) is 17.2 Å². The van der Waals surface area contributed by atoms with Gasteiger partial charge in [-0.05, 0) is 66.6 Å². The molecule has 0 unspecified atom stereocenters. The third-order valence-corrected chi connectivity index (χ3v) is 7.09. The van der Waals surface area contributed by atoms with Crippen molar-refractivity contribution in [2.75, 3.05) is 13.7 Å². The first-order valence-corrected chi connectivity index (χ1v) is 13.3. The van der Waals surface area contributed by atoms with E-state index in [-0.39, 0.29) is 16.7 Å². The molecule has 198 valence electrons. The van der Waals surface area contributed by atoms with Crippen molar-refractivity contribution in [3.8, 4) is 17.2 Å². The third-order valence-electron chi connectivity index (χ3n) is 7.09. The summed E-state index contributed by atoms with van der Waals surface area (Å²) in [7, 11) is 1.64. The molecule has 8 heteroatoms. The molecule has 2 heterocycles. The molecular weight excluding hydrogens is 482 g/mol. The molecule has 2 aliphatic heterocycles. The van der Waals surface area contributed by atoms with Crippen LogP contribution in [0.3, 0.4) is 0 Å². The molecule has 0 saturated heterocycles. The van der Waals surface area contributed by atoms with Crippen LogP contribution in [0.4, 0.5) is 5.69 Å². The summed E-state index contributed by atoms with van der Waals surface area (Å²) in [4.78, 5) is 11.1. The Labute approximate surface area is 223 Å². The Morgan fingerprint density at radius 1 is 1.00 bits per heavy atom. The molecule has 8 nitrogen and oxygen atoms in total. The molecule has 3 aromatic carbocycles. The lowest BCUT2D eigenvalue weighted by molar-refractivity contribution is -0.385. The van der Waals surface area contributed by atoms with Crippen LogP contribution in [0.25, 0.3) is 0 Å². The Hall–Kier alpha value is -4.07. The maximum Gasteiger partial charge on any atom is 0.270 e. The van der Waals surface area contributed by atoms with Crippen molar-refractivity contribution in [1.82, 2.24) is 5.01 Å². The van der Waals surface area contributed by atoms with E-state index in [1.165, 1.54) is 31.7 Å². The average molecular weight is 516 g/mol. The van der Waals surface area contributed by atoms with Crippen molar-refractivity contribution in [3.63, 3.8) is 0 Å². The zero-order chi connectivity index (χ0) is 26.5. The molecule has 2 atom stereocenters. The average Bonchev–Trinajstić information content (AvgIpc) is 3.40. The minimum absolute atomic E-state index is 0.0415. The summed E-state index contributed by atoms with van der Waals surface area (Å²) in [5.41, 5.74) is 3.63. The lowest BCUT2D eigenvalue weighted by atomic mass is 9.95. The molecule has 0 radical (unpaired) electrons. The number of hydrazone groups is 1. The van der Waals surface area contributed by atoms with Crippen molar-refractivity contribution in [3.05, 3.63) is 93.5 Å². The van der Waals surface area contributed by atoms with Crippen LogP contribution in [0.15, 0.2) is 71.8 Å². The highest BCUT2D eigenvalue weighted by atomic mass is 16.6. The molecule has 0 N–H and O–H groups in total. The second-order valence-electron chi connectivity index (χ2n) is 9.66. The number of non-ortho nitro benzene ring substituents is 1. The Kier molecular flexibility index (Phi) is 7.77. The number of rotatable bonds is 11. The van der Waals surface area contributed by atoms with Gasteiger partial charge >= 0.3 is 0 Å². The first-order valence-electron chi connectivity index (χ1n) is 13.3. The number of ether oxygens (including phenoxy) is 3. The van der Waals surface area contributed by atoms with Crippen LogP contribution in [0.2, 0.25) is 0 Å². The predicted molar refractivity (Wildman–Crippen MR) is 146 cm³/mol. The summed E-state index contributed by atoms with van der Waals surface area (Å²) in [6.07, 6.45) is 6.13. The molecule has 0 fully saturated rings. The van der Waals surface area contributed by atoms with Gasteiger partial charge in [-0.2, -0.15) is 5.10 Å². The number of nitro groups is 1. The second-order valence-corrected chi connectivity index (χ2v) is 9.66. The second kappa shape index (κ2) is 11.5. The van der Waals surface area contributed by atoms with E-state index in [4.69, 9.17) is 19.3 Å². The van der Waals surface area contributed by atoms with Crippen LogP contribution in [0.5, 0.6) is 17.2 Å². The van der Waals surface area contributed by atoms with E-state index in [1.807, 2.05) is 53.5 Å². The molecule has 0 aliphatic carbocycles. The fourth-order valence-corrected chi connectivity index (χ4v) is 4.99. The highest BCUT2D eigenvalue weighted by molar-refractivity contribution is 6.02. The first-order chi connectivity index (χ1) is 18.6. The third kappa shape index (κ3) is 5.44. The highest BCUT2D eigenvalue weighted by Gasteiger charge is 2.41. The van der Waals surface area contributed by atoms with Gasteiger partial charge in [-0.25, -0.2) is 5.01 Å². The lowest BCUT2D eigenvalue weighted by Crippen LogP contribution is -2.33. The zero-order valence-electron chi connectivity index (χ0n) is 21.8. The van der Waals surface area contributed by atoms with Gasteiger partial charge in [0.25, 0.3) is 5.69 Å². The van der Waals surface area contributed by atoms with E-state index < -0.39 is 6.23 Å². The lowest BCUT2D eigenvalue weighted by Gasteiger charge is -2.38. The molecule has 2 aliphatic rings. The molecule has 0 amide bonds. The van der Waals surface area contributed by atoms with E-state index >= 15 is 0 Å². The van der Waals surface area contributed by atoms with E-state index in [1.54, 1.807) is 19.2 Å². The van der Waals surface area contributed by atoms with Crippen LogP contribution in [-0.4, -0.2) is 29.4 Å². The number of methoxy groups -OCH3 is 1. The molecule has 0 aromatic heterocycles. The quantitative estimate of drug-likeness (QED) is 0.153. The van der Waals surface area contributed by atoms with Crippen molar-refractivity contribution in [2.24, 2.45) is 5.10 Å². The number of fused-ring (bicyclic) bond motifs is 3. The van der Waals surface area contributed by atoms with E-state index in [0.717, 1.165) is 40.3 Å². The van der Waals surface area contributed by atoms with Crippen LogP contribution >= 0.6 is 0 Å². The maximum atomic E-state index is 11.5. The van der Waals surface area contributed by atoms with E-state index in [2.05, 4.69) is 6.92 Å². The van der Waals surface area contributed by atoms with Gasteiger partial charge in [0.2, 0.25) is 6.23 Å². The zero-order valence-corrected chi connectivity index (χ0v) is 21.8. The summed E-state index contributed by atoms with van der Waals surface area (Å²) in [5, 5.41) is 18.4. The van der Waals surface area contributed by atoms with Gasteiger partial charge < -0.3 is 14.2 Å². The Morgan fingerprint density at radius 2 is 1.74 bits per heavy atom. The predicted octanol–water partition coefficient (Wildman–Crippen LogP) is 7.19. The van der Waals surface area contributed by atoms with Crippen LogP contribution in [-0.2, 0) is 0 Å². The summed E-state index contributed by atoms with van der Waals surface area (Å²) in [6, 6.07) is 20.3. The summed E-state index contributed by atoms with van der Waals surface area (Å²) in [5.74, 6) is 2.24. The highest BCUT2D eigenvalue weighted by Crippen LogP contribution is 2.48. The van der Waals surface area contributed by atoms with Crippen molar-refractivity contribution in [2.45, 2.75) is 57.7 Å². The van der Waals surface area contributed by atoms with Gasteiger partial charge in [0, 0.05) is 29.7 Å². The van der Waals surface area contributed by atoms with E-state index in [0.29, 0.717) is 18.8 Å². The van der Waals surface area contributed by atoms with Gasteiger partial charge in [0.05, 0.1) is 30.4 Å². The van der Waals surface area contributed by atoms with Crippen molar-refractivity contribution in [1.29, 1.82) is 0 Å². The van der Waals surface area contributed by atoms with Crippen LogP contribution < -0.4 is 14.2 Å². The Bertz CT molecular complexity index is 1290. The minimum Gasteiger partial charge on any atom is -0.497 e. The van der Waals surface area contributed by atoms with Crippen molar-refractivity contribution < 1.29 is 19.1 Å². The van der Waals surface area contributed by atoms with Gasteiger partial charge in [-0.3, -0.25) is 10.1 Å². The molecule has 3 aromatic rings. The molecule has 38 heavy (non-hydrogen) atoms. The maximum absolute atomic E-state index is 11.5. The number of benzene rings is 3. The summed E-state index contributed by atoms with van der Waals surface area (Å²) >= 11 is 0. The van der Waals surface area contributed by atoms with Crippen LogP contribution in [0.1, 0.15) is 74.4 Å². The normalized spacial score (nSPS) is 17.7. The molecule has 0 saturated carbocycles. The standard InChI is InChI=1S/C30H33N3O5/c1-3-4-5-6-7-18-37-25-15-10-22(11-16-25)30-32-28(26-19-23(33(34)35)12-17-29(26)38-30)20-27(31-32)21-8-13-24(36-2)14-9-21/h8-17,19,28,30H,3-7,18,20H2,1-2H3/t28-,30-/m1/s1. The van der Waals surface area contributed by atoms with Crippen molar-refractivity contribution >= 4 is 11.4 Å². The number of hydrogen-bond donors (Lipinski definition) is 0. The first kappa shape index (κ1) is 25.6. The summed E-state index contributed by atoms with van der Waals surface area (Å²) < 4.78 is 17.6. The Morgan fingerprint density at radius 3 is 2.45 bits per heavy atom. The number of nitrogens with zero attached hydrogens (tertiary/aromatic N) is 3. The molecule has 5 rings (SSSR count). The molecule has 0 spiro atoms. The molecule has 0 bridgehead atoms. The van der Waals surface area contributed by atoms with Gasteiger partial charge in [-0.1, -0.05) is 32.6 Å².